The van der Waals surface area contributed by atoms with Gasteiger partial charge in [-0.25, -0.2) is 9.97 Å². The van der Waals surface area contributed by atoms with Crippen molar-refractivity contribution in [3.8, 4) is 10.8 Å². The van der Waals surface area contributed by atoms with E-state index in [4.69, 9.17) is 4.42 Å². The van der Waals surface area contributed by atoms with Crippen molar-refractivity contribution in [2.75, 3.05) is 6.54 Å². The van der Waals surface area contributed by atoms with Crippen LogP contribution in [0.15, 0.2) is 27.3 Å². The molecule has 0 spiro atoms. The maximum absolute atomic E-state index is 12.1. The zero-order chi connectivity index (χ0) is 15.5. The highest BCUT2D eigenvalue weighted by molar-refractivity contribution is 7.13. The number of hydrogen-bond donors (Lipinski definition) is 1. The van der Waals surface area contributed by atoms with Crippen molar-refractivity contribution < 1.29 is 9.21 Å². The van der Waals surface area contributed by atoms with Crippen molar-refractivity contribution in [1.82, 2.24) is 15.3 Å². The summed E-state index contributed by atoms with van der Waals surface area (Å²) in [6.45, 7) is 4.40. The van der Waals surface area contributed by atoms with Crippen LogP contribution in [0, 0.1) is 13.8 Å². The summed E-state index contributed by atoms with van der Waals surface area (Å²) < 4.78 is 5.51. The van der Waals surface area contributed by atoms with E-state index in [9.17, 15) is 4.79 Å². The quantitative estimate of drug-likeness (QED) is 0.776. The summed E-state index contributed by atoms with van der Waals surface area (Å²) in [7, 11) is 0. The van der Waals surface area contributed by atoms with Gasteiger partial charge in [0.2, 0.25) is 0 Å². The number of carbonyl (C=O) groups excluding carboxylic acids is 1. The third-order valence-corrected chi connectivity index (χ3v) is 4.70. The van der Waals surface area contributed by atoms with Gasteiger partial charge in [-0.3, -0.25) is 4.79 Å². The van der Waals surface area contributed by atoms with Crippen LogP contribution < -0.4 is 5.32 Å². The van der Waals surface area contributed by atoms with Crippen molar-refractivity contribution in [2.45, 2.75) is 20.3 Å². The number of thiazole rings is 2. The number of nitrogens with one attached hydrogen (secondary N) is 1. The normalized spacial score (nSPS) is 10.8. The van der Waals surface area contributed by atoms with E-state index in [1.54, 1.807) is 16.7 Å². The second kappa shape index (κ2) is 6.41. The van der Waals surface area contributed by atoms with Gasteiger partial charge in [0, 0.05) is 23.7 Å². The summed E-state index contributed by atoms with van der Waals surface area (Å²) in [4.78, 5) is 20.8. The van der Waals surface area contributed by atoms with Gasteiger partial charge >= 0.3 is 0 Å². The van der Waals surface area contributed by atoms with Gasteiger partial charge in [-0.2, -0.15) is 0 Å². The number of aryl methyl sites for hydroxylation is 2. The molecule has 0 atom stereocenters. The van der Waals surface area contributed by atoms with Gasteiger partial charge in [0.25, 0.3) is 5.91 Å². The SMILES string of the molecule is Cc1ccc(-c2nc(C(=O)NCCc3csc(C)n3)cs2)o1. The van der Waals surface area contributed by atoms with Crippen molar-refractivity contribution in [2.24, 2.45) is 0 Å². The molecular formula is C15H15N3O2S2. The summed E-state index contributed by atoms with van der Waals surface area (Å²) >= 11 is 3.02. The molecule has 3 rings (SSSR count). The standard InChI is InChI=1S/C15H15N3O2S2/c1-9-3-4-13(20-9)15-18-12(8-22-15)14(19)16-6-5-11-7-21-10(2)17-11/h3-4,7-8H,5-6H2,1-2H3,(H,16,19). The van der Waals surface area contributed by atoms with Gasteiger partial charge in [-0.15, -0.1) is 22.7 Å². The lowest BCUT2D eigenvalue weighted by Crippen LogP contribution is -2.26. The van der Waals surface area contributed by atoms with Gasteiger partial charge in [-0.05, 0) is 26.0 Å². The first-order chi connectivity index (χ1) is 10.6. The van der Waals surface area contributed by atoms with Crippen molar-refractivity contribution in [3.05, 3.63) is 45.0 Å². The lowest BCUT2D eigenvalue weighted by Gasteiger charge is -2.01. The molecule has 0 bridgehead atoms. The number of amides is 1. The first kappa shape index (κ1) is 14.9. The third kappa shape index (κ3) is 3.42. The number of rotatable bonds is 5. The highest BCUT2D eigenvalue weighted by atomic mass is 32.1. The Bertz CT molecular complexity index is 788. The predicted octanol–water partition coefficient (Wildman–Crippen LogP) is 3.45. The maximum atomic E-state index is 12.1. The Morgan fingerprint density at radius 1 is 1.23 bits per heavy atom. The zero-order valence-electron chi connectivity index (χ0n) is 12.3. The predicted molar refractivity (Wildman–Crippen MR) is 87.4 cm³/mol. The largest absolute Gasteiger partial charge is 0.459 e. The van der Waals surface area contributed by atoms with Crippen LogP contribution in [-0.2, 0) is 6.42 Å². The van der Waals surface area contributed by atoms with E-state index in [1.165, 1.54) is 11.3 Å². The number of nitrogens with zero attached hydrogens (tertiary/aromatic N) is 2. The van der Waals surface area contributed by atoms with Gasteiger partial charge in [0.1, 0.15) is 11.5 Å². The Labute approximate surface area is 136 Å². The highest BCUT2D eigenvalue weighted by Crippen LogP contribution is 2.25. The summed E-state index contributed by atoms with van der Waals surface area (Å²) in [6.07, 6.45) is 0.727. The van der Waals surface area contributed by atoms with Gasteiger partial charge < -0.3 is 9.73 Å². The Kier molecular flexibility index (Phi) is 4.35. The van der Waals surface area contributed by atoms with Crippen LogP contribution in [0.4, 0.5) is 0 Å². The molecule has 0 radical (unpaired) electrons. The highest BCUT2D eigenvalue weighted by Gasteiger charge is 2.13. The first-order valence-corrected chi connectivity index (χ1v) is 8.59. The van der Waals surface area contributed by atoms with Crippen LogP contribution in [0.5, 0.6) is 0 Å². The minimum Gasteiger partial charge on any atom is -0.459 e. The topological polar surface area (TPSA) is 68.0 Å². The molecule has 0 aliphatic rings. The van der Waals surface area contributed by atoms with Crippen LogP contribution in [-0.4, -0.2) is 22.4 Å². The fraction of sp³-hybridized carbons (Fsp3) is 0.267. The number of hydrogen-bond acceptors (Lipinski definition) is 6. The molecule has 0 aromatic carbocycles. The molecule has 0 aliphatic heterocycles. The van der Waals surface area contributed by atoms with E-state index in [2.05, 4.69) is 15.3 Å². The average Bonchev–Trinajstić information content (AvgIpc) is 3.19. The molecule has 3 aromatic rings. The average molecular weight is 333 g/mol. The molecule has 7 heteroatoms. The number of furan rings is 1. The molecule has 114 valence electrons. The fourth-order valence-electron chi connectivity index (χ4n) is 1.96. The molecule has 3 aromatic heterocycles. The molecule has 0 aliphatic carbocycles. The van der Waals surface area contributed by atoms with E-state index < -0.39 is 0 Å². The summed E-state index contributed by atoms with van der Waals surface area (Å²) in [5.74, 6) is 1.35. The molecule has 1 N–H and O–H groups in total. The van der Waals surface area contributed by atoms with Gasteiger partial charge in [0.05, 0.1) is 10.7 Å². The monoisotopic (exact) mass is 333 g/mol. The van der Waals surface area contributed by atoms with E-state index in [0.717, 1.165) is 22.9 Å². The molecule has 0 fully saturated rings. The Morgan fingerprint density at radius 2 is 2.09 bits per heavy atom. The van der Waals surface area contributed by atoms with Crippen molar-refractivity contribution in [3.63, 3.8) is 0 Å². The lowest BCUT2D eigenvalue weighted by atomic mass is 10.3. The molecule has 0 unspecified atom stereocenters. The van der Waals surface area contributed by atoms with E-state index in [1.807, 2.05) is 31.4 Å². The lowest BCUT2D eigenvalue weighted by molar-refractivity contribution is 0.0950. The van der Waals surface area contributed by atoms with Crippen LogP contribution in [0.3, 0.4) is 0 Å². The van der Waals surface area contributed by atoms with Crippen LogP contribution >= 0.6 is 22.7 Å². The molecule has 0 saturated heterocycles. The molecule has 22 heavy (non-hydrogen) atoms. The minimum atomic E-state index is -0.169. The minimum absolute atomic E-state index is 0.169. The second-order valence-corrected chi connectivity index (χ2v) is 6.73. The second-order valence-electron chi connectivity index (χ2n) is 4.81. The number of carbonyl (C=O) groups is 1. The fourth-order valence-corrected chi connectivity index (χ4v) is 3.37. The third-order valence-electron chi connectivity index (χ3n) is 3.02. The Balaban J connectivity index is 1.57. The van der Waals surface area contributed by atoms with E-state index in [0.29, 0.717) is 23.0 Å². The van der Waals surface area contributed by atoms with Gasteiger partial charge in [-0.1, -0.05) is 0 Å². The molecule has 3 heterocycles. The Morgan fingerprint density at radius 3 is 2.77 bits per heavy atom. The summed E-state index contributed by atoms with van der Waals surface area (Å²) in [6, 6.07) is 3.74. The Hall–Kier alpha value is -1.99. The molecular weight excluding hydrogens is 318 g/mol. The van der Waals surface area contributed by atoms with Crippen molar-refractivity contribution in [1.29, 1.82) is 0 Å². The summed E-state index contributed by atoms with van der Waals surface area (Å²) in [5.41, 5.74) is 1.43. The van der Waals surface area contributed by atoms with Crippen molar-refractivity contribution >= 4 is 28.6 Å². The number of aromatic nitrogens is 2. The van der Waals surface area contributed by atoms with E-state index >= 15 is 0 Å². The van der Waals surface area contributed by atoms with Crippen LogP contribution in [0.1, 0.15) is 27.0 Å². The van der Waals surface area contributed by atoms with E-state index in [-0.39, 0.29) is 5.91 Å². The molecule has 1 amide bonds. The zero-order valence-corrected chi connectivity index (χ0v) is 13.9. The van der Waals surface area contributed by atoms with Gasteiger partial charge in [0.15, 0.2) is 10.8 Å². The molecule has 0 saturated carbocycles. The first-order valence-electron chi connectivity index (χ1n) is 6.83. The van der Waals surface area contributed by atoms with Crippen LogP contribution in [0.2, 0.25) is 0 Å². The molecule has 5 nitrogen and oxygen atoms in total. The maximum Gasteiger partial charge on any atom is 0.270 e. The van der Waals surface area contributed by atoms with Crippen LogP contribution in [0.25, 0.3) is 10.8 Å². The summed E-state index contributed by atoms with van der Waals surface area (Å²) in [5, 5.41) is 8.38. The smallest absolute Gasteiger partial charge is 0.270 e.